The molecule has 0 fully saturated rings. The predicted octanol–water partition coefficient (Wildman–Crippen LogP) is 4.78. The second-order valence-corrected chi connectivity index (χ2v) is 5.09. The van der Waals surface area contributed by atoms with Crippen LogP contribution in [-0.4, -0.2) is 4.98 Å². The molecule has 1 heterocycles. The number of nitrogens with zero attached hydrogens (tertiary/aromatic N) is 1. The Bertz CT molecular complexity index is 755. The van der Waals surface area contributed by atoms with E-state index in [2.05, 4.69) is 4.98 Å². The fourth-order valence-corrected chi connectivity index (χ4v) is 2.30. The number of hydrogen-bond donors (Lipinski definition) is 0. The van der Waals surface area contributed by atoms with Gasteiger partial charge in [0.25, 0.3) is 0 Å². The van der Waals surface area contributed by atoms with Gasteiger partial charge in [0.05, 0.1) is 5.52 Å². The average Bonchev–Trinajstić information content (AvgIpc) is 2.45. The van der Waals surface area contributed by atoms with Crippen molar-refractivity contribution in [1.29, 1.82) is 0 Å². The third-order valence-electron chi connectivity index (χ3n) is 3.13. The summed E-state index contributed by atoms with van der Waals surface area (Å²) in [5, 5.41) is 1.57. The number of ether oxygens (including phenoxy) is 1. The van der Waals surface area contributed by atoms with Gasteiger partial charge >= 0.3 is 0 Å². The zero-order valence-electron chi connectivity index (χ0n) is 11.1. The molecular formula is C17H14ClNO. The molecule has 0 atom stereocenters. The van der Waals surface area contributed by atoms with E-state index in [0.29, 0.717) is 11.8 Å². The van der Waals surface area contributed by atoms with Gasteiger partial charge in [-0.3, -0.25) is 0 Å². The van der Waals surface area contributed by atoms with Crippen molar-refractivity contribution in [2.45, 2.75) is 13.5 Å². The van der Waals surface area contributed by atoms with E-state index in [1.54, 1.807) is 0 Å². The van der Waals surface area contributed by atoms with E-state index in [0.717, 1.165) is 22.2 Å². The number of para-hydroxylation sites is 1. The van der Waals surface area contributed by atoms with Crippen LogP contribution in [0.3, 0.4) is 0 Å². The van der Waals surface area contributed by atoms with E-state index >= 15 is 0 Å². The Labute approximate surface area is 123 Å². The Morgan fingerprint density at radius 2 is 1.90 bits per heavy atom. The van der Waals surface area contributed by atoms with E-state index in [1.165, 1.54) is 5.56 Å². The van der Waals surface area contributed by atoms with Crippen LogP contribution in [0.4, 0.5) is 0 Å². The summed E-state index contributed by atoms with van der Waals surface area (Å²) < 4.78 is 5.78. The molecule has 0 radical (unpaired) electrons. The quantitative estimate of drug-likeness (QED) is 0.646. The van der Waals surface area contributed by atoms with Crippen LogP contribution in [0.1, 0.15) is 11.1 Å². The fraction of sp³-hybridized carbons (Fsp3) is 0.118. The smallest absolute Gasteiger partial charge is 0.136 e. The van der Waals surface area contributed by atoms with Crippen molar-refractivity contribution >= 4 is 22.5 Å². The first kappa shape index (κ1) is 12.9. The summed E-state index contributed by atoms with van der Waals surface area (Å²) >= 11 is 6.21. The van der Waals surface area contributed by atoms with Crippen molar-refractivity contribution in [2.24, 2.45) is 0 Å². The summed E-state index contributed by atoms with van der Waals surface area (Å²) in [4.78, 5) is 4.39. The molecule has 3 rings (SSSR count). The number of fused-ring (bicyclic) bond motifs is 1. The number of aryl methyl sites for hydroxylation is 1. The van der Waals surface area contributed by atoms with Gasteiger partial charge in [0.15, 0.2) is 0 Å². The molecule has 0 aliphatic rings. The van der Waals surface area contributed by atoms with Gasteiger partial charge in [0.1, 0.15) is 17.5 Å². The lowest BCUT2D eigenvalue weighted by Crippen LogP contribution is -1.98. The maximum atomic E-state index is 6.21. The molecule has 2 nitrogen and oxygen atoms in total. The van der Waals surface area contributed by atoms with E-state index < -0.39 is 0 Å². The van der Waals surface area contributed by atoms with Crippen LogP contribution in [0.5, 0.6) is 5.75 Å². The molecule has 100 valence electrons. The van der Waals surface area contributed by atoms with Gasteiger partial charge in [-0.25, -0.2) is 4.98 Å². The average molecular weight is 284 g/mol. The third-order valence-corrected chi connectivity index (χ3v) is 3.46. The Hall–Kier alpha value is -2.06. The lowest BCUT2D eigenvalue weighted by molar-refractivity contribution is 0.306. The van der Waals surface area contributed by atoms with Crippen LogP contribution in [0.25, 0.3) is 10.9 Å². The molecule has 2 aromatic carbocycles. The summed E-state index contributed by atoms with van der Waals surface area (Å²) in [5.74, 6) is 0.842. The molecule has 3 aromatic rings. The molecular weight excluding hydrogens is 270 g/mol. The predicted molar refractivity (Wildman–Crippen MR) is 82.3 cm³/mol. The third kappa shape index (κ3) is 2.75. The van der Waals surface area contributed by atoms with Crippen molar-refractivity contribution in [3.63, 3.8) is 0 Å². The monoisotopic (exact) mass is 283 g/mol. The van der Waals surface area contributed by atoms with E-state index in [9.17, 15) is 0 Å². The van der Waals surface area contributed by atoms with Crippen LogP contribution in [0.15, 0.2) is 54.6 Å². The molecule has 0 N–H and O–H groups in total. The minimum atomic E-state index is 0.417. The molecule has 0 aliphatic carbocycles. The molecule has 0 unspecified atom stereocenters. The van der Waals surface area contributed by atoms with Crippen LogP contribution in [0.2, 0.25) is 5.15 Å². The molecule has 3 heteroatoms. The van der Waals surface area contributed by atoms with Crippen molar-refractivity contribution in [2.75, 3.05) is 0 Å². The van der Waals surface area contributed by atoms with Crippen molar-refractivity contribution in [3.8, 4) is 5.75 Å². The lowest BCUT2D eigenvalue weighted by atomic mass is 10.2. The van der Waals surface area contributed by atoms with Crippen LogP contribution in [-0.2, 0) is 6.61 Å². The molecule has 0 bridgehead atoms. The summed E-state index contributed by atoms with van der Waals surface area (Å²) in [5.41, 5.74) is 2.97. The number of pyridine rings is 1. The molecule has 1 aromatic heterocycles. The standard InChI is InChI=1S/C17H14ClNO/c1-12-5-4-7-15(9-12)20-11-14-10-13-6-2-3-8-16(13)19-17(14)18/h2-10H,11H2,1H3. The zero-order chi connectivity index (χ0) is 13.9. The van der Waals surface area contributed by atoms with Crippen molar-refractivity contribution in [1.82, 2.24) is 4.98 Å². The van der Waals surface area contributed by atoms with Crippen LogP contribution < -0.4 is 4.74 Å². The number of aromatic nitrogens is 1. The Balaban J connectivity index is 1.85. The van der Waals surface area contributed by atoms with Gasteiger partial charge in [-0.2, -0.15) is 0 Å². The highest BCUT2D eigenvalue weighted by molar-refractivity contribution is 6.30. The maximum Gasteiger partial charge on any atom is 0.136 e. The molecule has 0 spiro atoms. The highest BCUT2D eigenvalue weighted by Gasteiger charge is 2.05. The SMILES string of the molecule is Cc1cccc(OCc2cc3ccccc3nc2Cl)c1. The molecule has 0 saturated heterocycles. The molecule has 0 aliphatic heterocycles. The number of hydrogen-bond acceptors (Lipinski definition) is 2. The van der Waals surface area contributed by atoms with Crippen molar-refractivity contribution < 1.29 is 4.74 Å². The summed E-state index contributed by atoms with van der Waals surface area (Å²) in [6.07, 6.45) is 0. The van der Waals surface area contributed by atoms with Gasteiger partial charge in [-0.1, -0.05) is 41.9 Å². The highest BCUT2D eigenvalue weighted by atomic mass is 35.5. The largest absolute Gasteiger partial charge is 0.489 e. The van der Waals surface area contributed by atoms with Crippen LogP contribution in [0, 0.1) is 6.92 Å². The minimum Gasteiger partial charge on any atom is -0.489 e. The first-order valence-electron chi connectivity index (χ1n) is 6.46. The first-order valence-corrected chi connectivity index (χ1v) is 6.84. The fourth-order valence-electron chi connectivity index (χ4n) is 2.10. The Kier molecular flexibility index (Phi) is 3.57. The van der Waals surface area contributed by atoms with Gasteiger partial charge in [-0.15, -0.1) is 0 Å². The maximum absolute atomic E-state index is 6.21. The normalized spacial score (nSPS) is 10.7. The molecule has 0 amide bonds. The topological polar surface area (TPSA) is 22.1 Å². The number of rotatable bonds is 3. The zero-order valence-corrected chi connectivity index (χ0v) is 11.9. The summed E-state index contributed by atoms with van der Waals surface area (Å²) in [6.45, 7) is 2.46. The van der Waals surface area contributed by atoms with Gasteiger partial charge < -0.3 is 4.74 Å². The van der Waals surface area contributed by atoms with Crippen molar-refractivity contribution in [3.05, 3.63) is 70.9 Å². The first-order chi connectivity index (χ1) is 9.72. The van der Waals surface area contributed by atoms with Crippen LogP contribution >= 0.6 is 11.6 Å². The van der Waals surface area contributed by atoms with Gasteiger partial charge in [0.2, 0.25) is 0 Å². The second-order valence-electron chi connectivity index (χ2n) is 4.74. The molecule has 0 saturated carbocycles. The number of benzene rings is 2. The van der Waals surface area contributed by atoms with E-state index in [4.69, 9.17) is 16.3 Å². The lowest BCUT2D eigenvalue weighted by Gasteiger charge is -2.09. The highest BCUT2D eigenvalue weighted by Crippen LogP contribution is 2.22. The minimum absolute atomic E-state index is 0.417. The van der Waals surface area contributed by atoms with E-state index in [-0.39, 0.29) is 0 Å². The second kappa shape index (κ2) is 5.51. The summed E-state index contributed by atoms with van der Waals surface area (Å²) in [6, 6.07) is 17.9. The van der Waals surface area contributed by atoms with E-state index in [1.807, 2.05) is 61.5 Å². The Morgan fingerprint density at radius 1 is 1.05 bits per heavy atom. The Morgan fingerprint density at radius 3 is 2.75 bits per heavy atom. The summed E-state index contributed by atoms with van der Waals surface area (Å²) in [7, 11) is 0. The molecule has 20 heavy (non-hydrogen) atoms. The van der Waals surface area contributed by atoms with Gasteiger partial charge in [0, 0.05) is 10.9 Å². The van der Waals surface area contributed by atoms with Gasteiger partial charge in [-0.05, 0) is 36.8 Å². The number of halogens is 1.